The summed E-state index contributed by atoms with van der Waals surface area (Å²) in [5.41, 5.74) is 0.738. The molecule has 2 nitrogen and oxygen atoms in total. The van der Waals surface area contributed by atoms with Gasteiger partial charge in [0.2, 0.25) is 0 Å². The SMILES string of the molecule is S=Cc1cnccn1. The predicted octanol–water partition coefficient (Wildman–Crippen LogP) is 0.824. The maximum atomic E-state index is 4.59. The Hall–Kier alpha value is -0.830. The van der Waals surface area contributed by atoms with E-state index in [0.29, 0.717) is 0 Å². The van der Waals surface area contributed by atoms with Crippen LogP contribution >= 0.6 is 12.2 Å². The van der Waals surface area contributed by atoms with Crippen molar-refractivity contribution in [2.24, 2.45) is 0 Å². The first-order valence-corrected chi connectivity index (χ1v) is 2.62. The second kappa shape index (κ2) is 2.47. The van der Waals surface area contributed by atoms with Gasteiger partial charge in [-0.1, -0.05) is 12.2 Å². The van der Waals surface area contributed by atoms with Gasteiger partial charge in [-0.3, -0.25) is 9.97 Å². The Morgan fingerprint density at radius 3 is 2.75 bits per heavy atom. The van der Waals surface area contributed by atoms with E-state index in [9.17, 15) is 0 Å². The van der Waals surface area contributed by atoms with Crippen molar-refractivity contribution in [1.82, 2.24) is 9.97 Å². The molecule has 40 valence electrons. The van der Waals surface area contributed by atoms with E-state index in [1.165, 1.54) is 5.37 Å². The fourth-order valence-electron chi connectivity index (χ4n) is 0.371. The molecule has 0 amide bonds. The van der Waals surface area contributed by atoms with Crippen LogP contribution in [0.3, 0.4) is 0 Å². The van der Waals surface area contributed by atoms with Gasteiger partial charge in [0.25, 0.3) is 0 Å². The summed E-state index contributed by atoms with van der Waals surface area (Å²) in [6.45, 7) is 0. The number of thiocarbonyl (C=S) groups is 1. The Kier molecular flexibility index (Phi) is 1.64. The van der Waals surface area contributed by atoms with Crippen molar-refractivity contribution in [3.8, 4) is 0 Å². The first-order chi connectivity index (χ1) is 3.93. The monoisotopic (exact) mass is 124 g/mol. The molecule has 1 aromatic heterocycles. The van der Waals surface area contributed by atoms with E-state index in [1.807, 2.05) is 0 Å². The molecule has 0 aromatic carbocycles. The van der Waals surface area contributed by atoms with Crippen molar-refractivity contribution in [2.45, 2.75) is 0 Å². The molecule has 0 unspecified atom stereocenters. The Morgan fingerprint density at radius 1 is 1.50 bits per heavy atom. The third kappa shape index (κ3) is 1.07. The lowest BCUT2D eigenvalue weighted by atomic mass is 10.5. The van der Waals surface area contributed by atoms with Crippen LogP contribution in [0.5, 0.6) is 0 Å². The zero-order chi connectivity index (χ0) is 5.82. The van der Waals surface area contributed by atoms with E-state index in [1.54, 1.807) is 18.6 Å². The minimum absolute atomic E-state index is 0.738. The van der Waals surface area contributed by atoms with Gasteiger partial charge >= 0.3 is 0 Å². The van der Waals surface area contributed by atoms with Gasteiger partial charge in [0.05, 0.1) is 11.9 Å². The predicted molar refractivity (Wildman–Crippen MR) is 34.8 cm³/mol. The summed E-state index contributed by atoms with van der Waals surface area (Å²) >= 11 is 4.59. The summed E-state index contributed by atoms with van der Waals surface area (Å²) in [5.74, 6) is 0. The van der Waals surface area contributed by atoms with Crippen LogP contribution in [-0.2, 0) is 0 Å². The van der Waals surface area contributed by atoms with Crippen LogP contribution in [0.4, 0.5) is 0 Å². The fourth-order valence-corrected chi connectivity index (χ4v) is 0.493. The molecule has 0 radical (unpaired) electrons. The molecule has 0 fully saturated rings. The highest BCUT2D eigenvalue weighted by atomic mass is 32.1. The van der Waals surface area contributed by atoms with Gasteiger partial charge in [-0.2, -0.15) is 0 Å². The minimum atomic E-state index is 0.738. The number of nitrogens with zero attached hydrogens (tertiary/aromatic N) is 2. The van der Waals surface area contributed by atoms with Crippen LogP contribution in [0.25, 0.3) is 0 Å². The van der Waals surface area contributed by atoms with Gasteiger partial charge in [0, 0.05) is 17.8 Å². The Bertz CT molecular complexity index is 173. The number of hydrogen-bond donors (Lipinski definition) is 0. The van der Waals surface area contributed by atoms with E-state index in [2.05, 4.69) is 22.2 Å². The van der Waals surface area contributed by atoms with Gasteiger partial charge < -0.3 is 0 Å². The quantitative estimate of drug-likeness (QED) is 0.518. The second-order valence-corrected chi connectivity index (χ2v) is 1.48. The lowest BCUT2D eigenvalue weighted by Gasteiger charge is -1.82. The maximum absolute atomic E-state index is 4.59. The summed E-state index contributed by atoms with van der Waals surface area (Å²) in [6, 6.07) is 0. The third-order valence-electron chi connectivity index (χ3n) is 0.704. The molecule has 0 spiro atoms. The largest absolute Gasteiger partial charge is 0.261 e. The summed E-state index contributed by atoms with van der Waals surface area (Å²) in [5, 5.41) is 1.49. The topological polar surface area (TPSA) is 25.8 Å². The van der Waals surface area contributed by atoms with Crippen molar-refractivity contribution >= 4 is 17.6 Å². The van der Waals surface area contributed by atoms with Crippen molar-refractivity contribution in [1.29, 1.82) is 0 Å². The second-order valence-electron chi connectivity index (χ2n) is 1.25. The van der Waals surface area contributed by atoms with E-state index in [-0.39, 0.29) is 0 Å². The van der Waals surface area contributed by atoms with Gasteiger partial charge in [0.15, 0.2) is 0 Å². The standard InChI is InChI=1S/C5H4N2S/c8-4-5-3-6-1-2-7-5/h1-4H. The molecule has 1 aromatic rings. The van der Waals surface area contributed by atoms with Crippen LogP contribution in [0.2, 0.25) is 0 Å². The summed E-state index contributed by atoms with van der Waals surface area (Å²) in [7, 11) is 0. The Labute approximate surface area is 52.6 Å². The highest BCUT2D eigenvalue weighted by Gasteiger charge is 1.80. The summed E-state index contributed by atoms with van der Waals surface area (Å²) in [4.78, 5) is 7.67. The lowest BCUT2D eigenvalue weighted by Crippen LogP contribution is -1.83. The Morgan fingerprint density at radius 2 is 2.38 bits per heavy atom. The van der Waals surface area contributed by atoms with Crippen molar-refractivity contribution in [3.63, 3.8) is 0 Å². The molecule has 0 aliphatic carbocycles. The highest BCUT2D eigenvalue weighted by Crippen LogP contribution is 1.81. The molecule has 8 heavy (non-hydrogen) atoms. The lowest BCUT2D eigenvalue weighted by molar-refractivity contribution is 1.19. The Balaban J connectivity index is 2.99. The fraction of sp³-hybridized carbons (Fsp3) is 0. The van der Waals surface area contributed by atoms with Gasteiger partial charge in [-0.25, -0.2) is 0 Å². The average Bonchev–Trinajstić information content (AvgIpc) is 1.90. The zero-order valence-corrected chi connectivity index (χ0v) is 4.93. The molecule has 3 heteroatoms. The molecule has 0 aliphatic heterocycles. The number of aromatic nitrogens is 2. The highest BCUT2D eigenvalue weighted by molar-refractivity contribution is 7.79. The van der Waals surface area contributed by atoms with Crippen LogP contribution in [-0.4, -0.2) is 15.3 Å². The van der Waals surface area contributed by atoms with E-state index < -0.39 is 0 Å². The van der Waals surface area contributed by atoms with E-state index in [0.717, 1.165) is 5.69 Å². The molecule has 0 saturated heterocycles. The van der Waals surface area contributed by atoms with Crippen LogP contribution in [0, 0.1) is 0 Å². The zero-order valence-electron chi connectivity index (χ0n) is 4.11. The van der Waals surface area contributed by atoms with Crippen LogP contribution < -0.4 is 0 Å². The minimum Gasteiger partial charge on any atom is -0.261 e. The van der Waals surface area contributed by atoms with Gasteiger partial charge in [-0.05, 0) is 0 Å². The molecule has 1 rings (SSSR count). The van der Waals surface area contributed by atoms with Crippen molar-refractivity contribution < 1.29 is 0 Å². The van der Waals surface area contributed by atoms with E-state index >= 15 is 0 Å². The van der Waals surface area contributed by atoms with E-state index in [4.69, 9.17) is 0 Å². The average molecular weight is 124 g/mol. The maximum Gasteiger partial charge on any atom is 0.0920 e. The number of rotatable bonds is 1. The molecule has 0 saturated carbocycles. The third-order valence-corrected chi connectivity index (χ3v) is 0.945. The summed E-state index contributed by atoms with van der Waals surface area (Å²) in [6.07, 6.45) is 4.84. The summed E-state index contributed by atoms with van der Waals surface area (Å²) < 4.78 is 0. The molecule has 0 aliphatic rings. The van der Waals surface area contributed by atoms with Crippen molar-refractivity contribution in [3.05, 3.63) is 24.3 Å². The molecule has 0 atom stereocenters. The molecule has 0 bridgehead atoms. The van der Waals surface area contributed by atoms with Gasteiger partial charge in [-0.15, -0.1) is 0 Å². The molecular weight excluding hydrogens is 120 g/mol. The van der Waals surface area contributed by atoms with Gasteiger partial charge in [0.1, 0.15) is 0 Å². The first kappa shape index (κ1) is 5.31. The number of hydrogen-bond acceptors (Lipinski definition) is 3. The smallest absolute Gasteiger partial charge is 0.0920 e. The first-order valence-electron chi connectivity index (χ1n) is 2.14. The molecule has 1 heterocycles. The van der Waals surface area contributed by atoms with Crippen molar-refractivity contribution in [2.75, 3.05) is 0 Å². The van der Waals surface area contributed by atoms with Crippen LogP contribution in [0.15, 0.2) is 18.6 Å². The normalized spacial score (nSPS) is 8.50. The molecular formula is C5H4N2S. The molecule has 0 N–H and O–H groups in total. The van der Waals surface area contributed by atoms with Crippen LogP contribution in [0.1, 0.15) is 5.69 Å².